The van der Waals surface area contributed by atoms with Gasteiger partial charge in [-0.3, -0.25) is 0 Å². The van der Waals surface area contributed by atoms with E-state index >= 15 is 0 Å². The molecule has 0 unspecified atom stereocenters. The van der Waals surface area contributed by atoms with Crippen molar-refractivity contribution in [3.05, 3.63) is 30.5 Å². The topological polar surface area (TPSA) is 25.4 Å². The minimum Gasteiger partial charge on any atom is -0.497 e. The number of halogens is 1. The van der Waals surface area contributed by atoms with Gasteiger partial charge in [-0.1, -0.05) is 15.9 Å². The molecule has 0 bridgehead atoms. The van der Waals surface area contributed by atoms with Crippen molar-refractivity contribution in [3.8, 4) is 5.75 Å². The molecule has 0 N–H and O–H groups in total. The van der Waals surface area contributed by atoms with Crippen LogP contribution in [-0.2, 0) is 0 Å². The molecule has 0 radical (unpaired) electrons. The van der Waals surface area contributed by atoms with Crippen LogP contribution in [0.2, 0.25) is 0 Å². The molecule has 106 valence electrons. The van der Waals surface area contributed by atoms with Gasteiger partial charge >= 0.3 is 0 Å². The van der Waals surface area contributed by atoms with Crippen LogP contribution in [0, 0.1) is 5.92 Å². The second-order valence-electron chi connectivity index (χ2n) is 5.54. The average Bonchev–Trinajstić information content (AvgIpc) is 2.44. The van der Waals surface area contributed by atoms with Gasteiger partial charge in [0.1, 0.15) is 11.6 Å². The Labute approximate surface area is 128 Å². The Hall–Kier alpha value is -1.29. The molecule has 20 heavy (non-hydrogen) atoms. The molecule has 3 rings (SSSR count). The molecule has 1 saturated carbocycles. The Kier molecular flexibility index (Phi) is 3.83. The zero-order valence-electron chi connectivity index (χ0n) is 11.8. The highest BCUT2D eigenvalue weighted by molar-refractivity contribution is 9.09. The third-order valence-corrected chi connectivity index (χ3v) is 4.77. The summed E-state index contributed by atoms with van der Waals surface area (Å²) in [6.07, 6.45) is 4.41. The molecule has 1 aromatic heterocycles. The molecule has 1 aliphatic carbocycles. The summed E-state index contributed by atoms with van der Waals surface area (Å²) in [6.45, 7) is 1.07. The highest BCUT2D eigenvalue weighted by Crippen LogP contribution is 2.35. The fraction of sp³-hybridized carbons (Fsp3) is 0.438. The number of pyridine rings is 1. The molecule has 0 amide bonds. The predicted molar refractivity (Wildman–Crippen MR) is 87.0 cm³/mol. The van der Waals surface area contributed by atoms with E-state index < -0.39 is 0 Å². The van der Waals surface area contributed by atoms with Crippen LogP contribution in [-0.4, -0.2) is 30.5 Å². The number of hydrogen-bond donors (Lipinski definition) is 0. The molecule has 0 spiro atoms. The Bertz CT molecular complexity index is 610. The van der Waals surface area contributed by atoms with Crippen molar-refractivity contribution in [2.75, 3.05) is 25.6 Å². The highest BCUT2D eigenvalue weighted by Gasteiger charge is 2.28. The first-order valence-electron chi connectivity index (χ1n) is 6.95. The third-order valence-electron chi connectivity index (χ3n) is 4.02. The number of rotatable bonds is 4. The summed E-state index contributed by atoms with van der Waals surface area (Å²) in [6, 6.07) is 8.19. The largest absolute Gasteiger partial charge is 0.497 e. The van der Waals surface area contributed by atoms with Crippen LogP contribution in [0.15, 0.2) is 30.5 Å². The van der Waals surface area contributed by atoms with E-state index in [1.807, 2.05) is 18.3 Å². The summed E-state index contributed by atoms with van der Waals surface area (Å²) in [5, 5.41) is 2.36. The van der Waals surface area contributed by atoms with Crippen molar-refractivity contribution in [2.24, 2.45) is 5.92 Å². The maximum absolute atomic E-state index is 5.29. The molecular formula is C16H19BrN2O. The van der Waals surface area contributed by atoms with Crippen molar-refractivity contribution < 1.29 is 4.74 Å². The van der Waals surface area contributed by atoms with Crippen molar-refractivity contribution >= 4 is 32.5 Å². The van der Waals surface area contributed by atoms with E-state index in [0.29, 0.717) is 4.83 Å². The van der Waals surface area contributed by atoms with E-state index in [1.165, 1.54) is 23.6 Å². The van der Waals surface area contributed by atoms with Gasteiger partial charge in [0.2, 0.25) is 0 Å². The first-order valence-corrected chi connectivity index (χ1v) is 7.87. The quantitative estimate of drug-likeness (QED) is 0.794. The number of nitrogens with zero attached hydrogens (tertiary/aromatic N) is 2. The van der Waals surface area contributed by atoms with Gasteiger partial charge in [-0.2, -0.15) is 0 Å². The first-order chi connectivity index (χ1) is 9.67. The fourth-order valence-corrected chi connectivity index (χ4v) is 3.91. The molecule has 0 aliphatic heterocycles. The molecule has 2 aromatic rings. The Morgan fingerprint density at radius 3 is 2.85 bits per heavy atom. The minimum atomic E-state index is 0.714. The normalized spacial score (nSPS) is 21.6. The number of fused-ring (bicyclic) bond motifs is 1. The van der Waals surface area contributed by atoms with Gasteiger partial charge in [0.25, 0.3) is 0 Å². The SMILES string of the molecule is COc1ccc2c(N(C)CC3CC(Br)C3)nccc2c1. The van der Waals surface area contributed by atoms with Crippen molar-refractivity contribution in [2.45, 2.75) is 17.7 Å². The summed E-state index contributed by atoms with van der Waals surface area (Å²) >= 11 is 3.65. The van der Waals surface area contributed by atoms with E-state index in [9.17, 15) is 0 Å². The van der Waals surface area contributed by atoms with E-state index in [4.69, 9.17) is 4.74 Å². The van der Waals surface area contributed by atoms with Gasteiger partial charge in [0.05, 0.1) is 7.11 Å². The lowest BCUT2D eigenvalue weighted by Gasteiger charge is -2.35. The van der Waals surface area contributed by atoms with Crippen LogP contribution in [0.3, 0.4) is 0 Å². The van der Waals surface area contributed by atoms with E-state index in [0.717, 1.165) is 24.0 Å². The van der Waals surface area contributed by atoms with Crippen LogP contribution in [0.4, 0.5) is 5.82 Å². The van der Waals surface area contributed by atoms with Gasteiger partial charge < -0.3 is 9.64 Å². The third kappa shape index (κ3) is 2.62. The van der Waals surface area contributed by atoms with Gasteiger partial charge in [0.15, 0.2) is 0 Å². The van der Waals surface area contributed by atoms with Crippen molar-refractivity contribution in [3.63, 3.8) is 0 Å². The number of methoxy groups -OCH3 is 1. The minimum absolute atomic E-state index is 0.714. The van der Waals surface area contributed by atoms with Crippen LogP contribution >= 0.6 is 15.9 Å². The number of hydrogen-bond acceptors (Lipinski definition) is 3. The number of ether oxygens (including phenoxy) is 1. The predicted octanol–water partition coefficient (Wildman–Crippen LogP) is 3.85. The fourth-order valence-electron chi connectivity index (χ4n) is 2.85. The van der Waals surface area contributed by atoms with Gasteiger partial charge in [-0.25, -0.2) is 4.98 Å². The van der Waals surface area contributed by atoms with Crippen LogP contribution in [0.1, 0.15) is 12.8 Å². The first kappa shape index (κ1) is 13.7. The zero-order valence-corrected chi connectivity index (χ0v) is 13.4. The van der Waals surface area contributed by atoms with E-state index in [1.54, 1.807) is 7.11 Å². The summed E-state index contributed by atoms with van der Waals surface area (Å²) < 4.78 is 5.29. The zero-order chi connectivity index (χ0) is 14.1. The average molecular weight is 335 g/mol. The number of benzene rings is 1. The molecular weight excluding hydrogens is 316 g/mol. The molecule has 1 aliphatic rings. The summed E-state index contributed by atoms with van der Waals surface area (Å²) in [7, 11) is 3.83. The van der Waals surface area contributed by atoms with E-state index in [2.05, 4.69) is 45.0 Å². The molecule has 0 atom stereocenters. The van der Waals surface area contributed by atoms with Crippen molar-refractivity contribution in [1.82, 2.24) is 4.98 Å². The van der Waals surface area contributed by atoms with Gasteiger partial charge in [-0.05, 0) is 48.4 Å². The van der Waals surface area contributed by atoms with Crippen LogP contribution in [0.5, 0.6) is 5.75 Å². The second-order valence-corrected chi connectivity index (χ2v) is 6.83. The molecule has 1 fully saturated rings. The Morgan fingerprint density at radius 2 is 2.15 bits per heavy atom. The number of alkyl halides is 1. The lowest BCUT2D eigenvalue weighted by Crippen LogP contribution is -2.35. The maximum atomic E-state index is 5.29. The summed E-state index contributed by atoms with van der Waals surface area (Å²) in [5.74, 6) is 2.72. The highest BCUT2D eigenvalue weighted by atomic mass is 79.9. The smallest absolute Gasteiger partial charge is 0.136 e. The number of anilines is 1. The Morgan fingerprint density at radius 1 is 1.35 bits per heavy atom. The summed E-state index contributed by atoms with van der Waals surface area (Å²) in [5.41, 5.74) is 0. The van der Waals surface area contributed by atoms with E-state index in [-0.39, 0.29) is 0 Å². The van der Waals surface area contributed by atoms with Crippen molar-refractivity contribution in [1.29, 1.82) is 0 Å². The standard InChI is InChI=1S/C16H19BrN2O/c1-19(10-11-7-13(17)8-11)16-15-4-3-14(20-2)9-12(15)5-6-18-16/h3-6,9,11,13H,7-8,10H2,1-2H3. The van der Waals surface area contributed by atoms with Gasteiger partial charge in [-0.15, -0.1) is 0 Å². The lowest BCUT2D eigenvalue weighted by molar-refractivity contribution is 0.339. The molecule has 0 saturated heterocycles. The molecule has 3 nitrogen and oxygen atoms in total. The molecule has 1 aromatic carbocycles. The number of aromatic nitrogens is 1. The van der Waals surface area contributed by atoms with Crippen LogP contribution < -0.4 is 9.64 Å². The monoisotopic (exact) mass is 334 g/mol. The lowest BCUT2D eigenvalue weighted by atomic mass is 9.85. The maximum Gasteiger partial charge on any atom is 0.136 e. The Balaban J connectivity index is 1.86. The second kappa shape index (κ2) is 5.60. The summed E-state index contributed by atoms with van der Waals surface area (Å²) in [4.78, 5) is 7.56. The van der Waals surface area contributed by atoms with Gasteiger partial charge in [0, 0.05) is 30.0 Å². The molecule has 4 heteroatoms. The molecule has 1 heterocycles. The van der Waals surface area contributed by atoms with Crippen LogP contribution in [0.25, 0.3) is 10.8 Å².